The number of para-hydroxylation sites is 1. The lowest BCUT2D eigenvalue weighted by molar-refractivity contribution is -0.157. The Kier molecular flexibility index (Phi) is 8.86. The van der Waals surface area contributed by atoms with E-state index in [9.17, 15) is 18.0 Å². The van der Waals surface area contributed by atoms with Crippen molar-refractivity contribution in [1.29, 1.82) is 0 Å². The van der Waals surface area contributed by atoms with Crippen molar-refractivity contribution in [3.05, 3.63) is 36.0 Å². The summed E-state index contributed by atoms with van der Waals surface area (Å²) in [6.07, 6.45) is -1.74. The number of nitrogens with one attached hydrogen (secondary N) is 3. The fourth-order valence-electron chi connectivity index (χ4n) is 2.53. The second-order valence-corrected chi connectivity index (χ2v) is 5.83. The van der Waals surface area contributed by atoms with Crippen LogP contribution in [0.4, 0.5) is 13.2 Å². The lowest BCUT2D eigenvalue weighted by atomic mass is 10.1. The summed E-state index contributed by atoms with van der Waals surface area (Å²) >= 11 is 0. The summed E-state index contributed by atoms with van der Waals surface area (Å²) in [6, 6.07) is 7.95. The monoisotopic (exact) mass is 497 g/mol. The Balaban J connectivity index is 0.00000364. The van der Waals surface area contributed by atoms with Gasteiger partial charge in [-0.1, -0.05) is 18.2 Å². The molecule has 0 saturated heterocycles. The number of likely N-dealkylation sites (N-methyl/N-ethyl adjacent to an activating group) is 1. The number of carbonyl (C=O) groups excluding carboxylic acids is 1. The molecule has 10 heteroatoms. The Morgan fingerprint density at radius 3 is 2.63 bits per heavy atom. The molecule has 0 spiro atoms. The summed E-state index contributed by atoms with van der Waals surface area (Å²) in [4.78, 5) is 19.5. The van der Waals surface area contributed by atoms with Gasteiger partial charge in [0.2, 0.25) is 5.91 Å². The highest BCUT2D eigenvalue weighted by atomic mass is 127. The molecule has 0 bridgehead atoms. The van der Waals surface area contributed by atoms with Crippen LogP contribution in [0.15, 0.2) is 35.5 Å². The van der Waals surface area contributed by atoms with Gasteiger partial charge >= 0.3 is 6.18 Å². The van der Waals surface area contributed by atoms with Gasteiger partial charge in [0.25, 0.3) is 0 Å². The van der Waals surface area contributed by atoms with Crippen molar-refractivity contribution in [2.45, 2.75) is 12.6 Å². The standard InChI is InChI=1S/C17H22F3N5O.HI/c1-21-16(24-10-15(26)25(2)11-17(18,19)20)22-8-7-12-9-23-14-6-4-3-5-13(12)14;/h3-6,9,23H,7-8,10-11H2,1-2H3,(H2,21,22,24);1H. The quantitative estimate of drug-likeness (QED) is 0.327. The third-order valence-electron chi connectivity index (χ3n) is 3.83. The number of halogens is 4. The molecular weight excluding hydrogens is 474 g/mol. The van der Waals surface area contributed by atoms with Crippen molar-refractivity contribution >= 4 is 46.7 Å². The van der Waals surface area contributed by atoms with Crippen molar-refractivity contribution in [1.82, 2.24) is 20.5 Å². The van der Waals surface area contributed by atoms with Crippen LogP contribution in [0, 0.1) is 0 Å². The molecule has 1 heterocycles. The lowest BCUT2D eigenvalue weighted by Gasteiger charge is -2.20. The van der Waals surface area contributed by atoms with Crippen molar-refractivity contribution in [2.75, 3.05) is 33.7 Å². The number of hydrogen-bond acceptors (Lipinski definition) is 2. The predicted molar refractivity (Wildman–Crippen MR) is 110 cm³/mol. The van der Waals surface area contributed by atoms with E-state index in [0.717, 1.165) is 29.9 Å². The zero-order chi connectivity index (χ0) is 19.2. The fourth-order valence-corrected chi connectivity index (χ4v) is 2.53. The molecule has 1 amide bonds. The summed E-state index contributed by atoms with van der Waals surface area (Å²) in [7, 11) is 2.65. The van der Waals surface area contributed by atoms with Gasteiger partial charge in [0.05, 0.1) is 6.54 Å². The van der Waals surface area contributed by atoms with E-state index in [2.05, 4.69) is 20.6 Å². The molecule has 0 fully saturated rings. The van der Waals surface area contributed by atoms with Gasteiger partial charge in [0.1, 0.15) is 6.54 Å². The van der Waals surface area contributed by atoms with Crippen LogP contribution in [-0.2, 0) is 11.2 Å². The molecule has 1 aromatic carbocycles. The molecule has 1 aromatic heterocycles. The zero-order valence-electron chi connectivity index (χ0n) is 15.1. The van der Waals surface area contributed by atoms with Gasteiger partial charge in [0.15, 0.2) is 5.96 Å². The van der Waals surface area contributed by atoms with Crippen LogP contribution in [0.25, 0.3) is 10.9 Å². The smallest absolute Gasteiger partial charge is 0.361 e. The van der Waals surface area contributed by atoms with Crippen LogP contribution in [0.2, 0.25) is 0 Å². The molecule has 0 radical (unpaired) electrons. The zero-order valence-corrected chi connectivity index (χ0v) is 17.4. The summed E-state index contributed by atoms with van der Waals surface area (Å²) in [5, 5.41) is 6.91. The number of rotatable bonds is 6. The van der Waals surface area contributed by atoms with Gasteiger partial charge in [-0.15, -0.1) is 24.0 Å². The number of amides is 1. The highest BCUT2D eigenvalue weighted by Gasteiger charge is 2.31. The predicted octanol–water partition coefficient (Wildman–Crippen LogP) is 2.51. The van der Waals surface area contributed by atoms with Gasteiger partial charge < -0.3 is 20.5 Å². The molecule has 0 atom stereocenters. The summed E-state index contributed by atoms with van der Waals surface area (Å²) in [5.41, 5.74) is 2.20. The fraction of sp³-hybridized carbons (Fsp3) is 0.412. The minimum Gasteiger partial charge on any atom is -0.361 e. The maximum absolute atomic E-state index is 12.3. The average molecular weight is 497 g/mol. The number of benzene rings is 1. The van der Waals surface area contributed by atoms with Crippen LogP contribution >= 0.6 is 24.0 Å². The van der Waals surface area contributed by atoms with Crippen LogP contribution in [0.5, 0.6) is 0 Å². The molecule has 27 heavy (non-hydrogen) atoms. The van der Waals surface area contributed by atoms with E-state index in [1.54, 1.807) is 0 Å². The first-order chi connectivity index (χ1) is 12.3. The summed E-state index contributed by atoms with van der Waals surface area (Å²) < 4.78 is 36.9. The van der Waals surface area contributed by atoms with E-state index < -0.39 is 18.6 Å². The summed E-state index contributed by atoms with van der Waals surface area (Å²) in [6.45, 7) is -0.979. The number of alkyl halides is 3. The Bertz CT molecular complexity index is 775. The number of carbonyl (C=O) groups is 1. The molecule has 0 aliphatic rings. The van der Waals surface area contributed by atoms with Crippen LogP contribution in [0.1, 0.15) is 5.56 Å². The first-order valence-electron chi connectivity index (χ1n) is 8.10. The van der Waals surface area contributed by atoms with Crippen LogP contribution in [-0.4, -0.2) is 61.7 Å². The summed E-state index contributed by atoms with van der Waals surface area (Å²) in [5.74, 6) is -0.305. The number of nitrogens with zero attached hydrogens (tertiary/aromatic N) is 2. The number of hydrogen-bond donors (Lipinski definition) is 3. The average Bonchev–Trinajstić information content (AvgIpc) is 2.99. The maximum Gasteiger partial charge on any atom is 0.406 e. The Labute approximate surface area is 172 Å². The van der Waals surface area contributed by atoms with Gasteiger partial charge in [-0.25, -0.2) is 0 Å². The van der Waals surface area contributed by atoms with E-state index >= 15 is 0 Å². The third kappa shape index (κ3) is 7.27. The minimum atomic E-state index is -4.41. The van der Waals surface area contributed by atoms with E-state index in [1.165, 1.54) is 7.05 Å². The van der Waals surface area contributed by atoms with Crippen LogP contribution < -0.4 is 10.6 Å². The molecule has 0 aliphatic carbocycles. The SMILES string of the molecule is CN=C(NCCc1c[nH]c2ccccc12)NCC(=O)N(C)CC(F)(F)F.I. The van der Waals surface area contributed by atoms with Crippen molar-refractivity contribution in [2.24, 2.45) is 4.99 Å². The van der Waals surface area contributed by atoms with E-state index in [1.807, 2.05) is 30.5 Å². The molecule has 2 rings (SSSR count). The second kappa shape index (κ2) is 10.4. The van der Waals surface area contributed by atoms with Gasteiger partial charge in [-0.3, -0.25) is 9.79 Å². The second-order valence-electron chi connectivity index (χ2n) is 5.83. The van der Waals surface area contributed by atoms with Gasteiger partial charge in [0, 0.05) is 37.7 Å². The Hall–Kier alpha value is -1.98. The lowest BCUT2D eigenvalue weighted by Crippen LogP contribution is -2.45. The van der Waals surface area contributed by atoms with Crippen molar-refractivity contribution < 1.29 is 18.0 Å². The first-order valence-corrected chi connectivity index (χ1v) is 8.10. The molecular formula is C17H23F3IN5O. The first kappa shape index (κ1) is 23.1. The molecule has 150 valence electrons. The largest absolute Gasteiger partial charge is 0.406 e. The Morgan fingerprint density at radius 1 is 1.26 bits per heavy atom. The van der Waals surface area contributed by atoms with E-state index in [-0.39, 0.29) is 30.5 Å². The maximum atomic E-state index is 12.3. The van der Waals surface area contributed by atoms with Crippen molar-refractivity contribution in [3.63, 3.8) is 0 Å². The van der Waals surface area contributed by atoms with E-state index in [0.29, 0.717) is 17.4 Å². The molecule has 0 unspecified atom stereocenters. The molecule has 3 N–H and O–H groups in total. The normalized spacial score (nSPS) is 11.8. The minimum absolute atomic E-state index is 0. The topological polar surface area (TPSA) is 72.5 Å². The number of aromatic nitrogens is 1. The molecule has 0 aliphatic heterocycles. The number of aromatic amines is 1. The van der Waals surface area contributed by atoms with E-state index in [4.69, 9.17) is 0 Å². The number of aliphatic imine (C=N–C) groups is 1. The van der Waals surface area contributed by atoms with Gasteiger partial charge in [-0.2, -0.15) is 13.2 Å². The molecule has 0 saturated carbocycles. The highest BCUT2D eigenvalue weighted by molar-refractivity contribution is 14.0. The number of fused-ring (bicyclic) bond motifs is 1. The third-order valence-corrected chi connectivity index (χ3v) is 3.83. The Morgan fingerprint density at radius 2 is 1.96 bits per heavy atom. The highest BCUT2D eigenvalue weighted by Crippen LogP contribution is 2.17. The number of H-pyrrole nitrogens is 1. The number of guanidine groups is 1. The molecule has 2 aromatic rings. The van der Waals surface area contributed by atoms with Crippen LogP contribution in [0.3, 0.4) is 0 Å². The molecule has 6 nitrogen and oxygen atoms in total. The van der Waals surface area contributed by atoms with Crippen molar-refractivity contribution in [3.8, 4) is 0 Å². The van der Waals surface area contributed by atoms with Gasteiger partial charge in [-0.05, 0) is 18.1 Å².